The van der Waals surface area contributed by atoms with Crippen molar-refractivity contribution in [3.63, 3.8) is 0 Å². The minimum Gasteiger partial charge on any atom is -0.424 e. The SMILES string of the molecule is N#COC1CCCC2C(OC#N)CCCC12. The molecule has 4 unspecified atom stereocenters. The van der Waals surface area contributed by atoms with Gasteiger partial charge in [-0.15, -0.1) is 0 Å². The second-order valence-electron chi connectivity index (χ2n) is 4.68. The average molecular weight is 220 g/mol. The predicted molar refractivity (Wildman–Crippen MR) is 55.7 cm³/mol. The van der Waals surface area contributed by atoms with Crippen molar-refractivity contribution in [2.45, 2.75) is 50.7 Å². The van der Waals surface area contributed by atoms with Crippen LogP contribution in [0, 0.1) is 34.9 Å². The molecule has 0 aromatic carbocycles. The summed E-state index contributed by atoms with van der Waals surface area (Å²) in [5, 5.41) is 17.2. The highest BCUT2D eigenvalue weighted by Gasteiger charge is 2.42. The first-order valence-electron chi connectivity index (χ1n) is 5.96. The maximum Gasteiger partial charge on any atom is 0.286 e. The van der Waals surface area contributed by atoms with E-state index < -0.39 is 0 Å². The van der Waals surface area contributed by atoms with Gasteiger partial charge in [-0.05, 0) is 38.5 Å². The third-order valence-corrected chi connectivity index (χ3v) is 3.97. The molecule has 16 heavy (non-hydrogen) atoms. The highest BCUT2D eigenvalue weighted by Crippen LogP contribution is 2.42. The summed E-state index contributed by atoms with van der Waals surface area (Å²) in [7, 11) is 0. The van der Waals surface area contributed by atoms with Crippen LogP contribution in [0.5, 0.6) is 0 Å². The monoisotopic (exact) mass is 220 g/mol. The molecule has 0 aromatic heterocycles. The molecule has 0 N–H and O–H groups in total. The number of ether oxygens (including phenoxy) is 2. The lowest BCUT2D eigenvalue weighted by Gasteiger charge is -2.42. The highest BCUT2D eigenvalue weighted by molar-refractivity contribution is 4.92. The molecule has 4 nitrogen and oxygen atoms in total. The van der Waals surface area contributed by atoms with Crippen molar-refractivity contribution >= 4 is 0 Å². The molecule has 2 aliphatic rings. The molecule has 2 aliphatic carbocycles. The fourth-order valence-corrected chi connectivity index (χ4v) is 3.32. The van der Waals surface area contributed by atoms with Crippen molar-refractivity contribution < 1.29 is 9.47 Å². The molecule has 0 spiro atoms. The Morgan fingerprint density at radius 2 is 1.19 bits per heavy atom. The molecule has 0 amide bonds. The Kier molecular flexibility index (Phi) is 3.51. The van der Waals surface area contributed by atoms with E-state index in [0.717, 1.165) is 38.5 Å². The molecule has 0 saturated heterocycles. The molecule has 2 fully saturated rings. The topological polar surface area (TPSA) is 66.0 Å². The van der Waals surface area contributed by atoms with E-state index in [2.05, 4.69) is 0 Å². The van der Waals surface area contributed by atoms with Crippen molar-refractivity contribution in [2.24, 2.45) is 11.8 Å². The number of fused-ring (bicyclic) bond motifs is 1. The van der Waals surface area contributed by atoms with E-state index in [4.69, 9.17) is 20.0 Å². The number of nitriles is 2. The summed E-state index contributed by atoms with van der Waals surface area (Å²) < 4.78 is 10.3. The van der Waals surface area contributed by atoms with E-state index in [0.29, 0.717) is 11.8 Å². The minimum atomic E-state index is 0.0499. The molecule has 0 bridgehead atoms. The molecule has 0 aromatic rings. The van der Waals surface area contributed by atoms with Gasteiger partial charge in [-0.2, -0.15) is 10.5 Å². The van der Waals surface area contributed by atoms with Crippen LogP contribution in [0.25, 0.3) is 0 Å². The number of hydrogen-bond acceptors (Lipinski definition) is 4. The maximum absolute atomic E-state index is 8.62. The van der Waals surface area contributed by atoms with Gasteiger partial charge in [-0.3, -0.25) is 0 Å². The van der Waals surface area contributed by atoms with Gasteiger partial charge in [-0.25, -0.2) is 0 Å². The first kappa shape index (κ1) is 11.1. The molecule has 0 heterocycles. The van der Waals surface area contributed by atoms with Gasteiger partial charge in [0.1, 0.15) is 12.2 Å². The number of rotatable bonds is 2. The van der Waals surface area contributed by atoms with Gasteiger partial charge in [0.05, 0.1) is 0 Å². The van der Waals surface area contributed by atoms with Gasteiger partial charge in [-0.1, -0.05) is 0 Å². The molecule has 2 saturated carbocycles. The second kappa shape index (κ2) is 5.07. The van der Waals surface area contributed by atoms with Crippen LogP contribution in [0.3, 0.4) is 0 Å². The van der Waals surface area contributed by atoms with Gasteiger partial charge >= 0.3 is 0 Å². The van der Waals surface area contributed by atoms with E-state index in [1.54, 1.807) is 0 Å². The number of nitrogens with zero attached hydrogens (tertiary/aromatic N) is 2. The maximum atomic E-state index is 8.62. The lowest BCUT2D eigenvalue weighted by Crippen LogP contribution is -2.43. The fourth-order valence-electron chi connectivity index (χ4n) is 3.32. The van der Waals surface area contributed by atoms with Crippen LogP contribution in [-0.4, -0.2) is 12.2 Å². The summed E-state index contributed by atoms with van der Waals surface area (Å²) >= 11 is 0. The second-order valence-corrected chi connectivity index (χ2v) is 4.68. The van der Waals surface area contributed by atoms with Crippen molar-refractivity contribution in [2.75, 3.05) is 0 Å². The first-order valence-corrected chi connectivity index (χ1v) is 5.96. The van der Waals surface area contributed by atoms with Crippen molar-refractivity contribution in [3.05, 3.63) is 0 Å². The summed E-state index contributed by atoms with van der Waals surface area (Å²) in [6.07, 6.45) is 9.99. The Labute approximate surface area is 95.8 Å². The summed E-state index contributed by atoms with van der Waals surface area (Å²) in [6, 6.07) is 0. The van der Waals surface area contributed by atoms with E-state index >= 15 is 0 Å². The van der Waals surface area contributed by atoms with Crippen LogP contribution in [-0.2, 0) is 9.47 Å². The number of hydrogen-bond donors (Lipinski definition) is 0. The van der Waals surface area contributed by atoms with Crippen molar-refractivity contribution in [1.29, 1.82) is 10.5 Å². The largest absolute Gasteiger partial charge is 0.424 e. The highest BCUT2D eigenvalue weighted by atomic mass is 16.5. The van der Waals surface area contributed by atoms with Crippen LogP contribution >= 0.6 is 0 Å². The minimum absolute atomic E-state index is 0.0499. The lowest BCUT2D eigenvalue weighted by atomic mass is 9.68. The van der Waals surface area contributed by atoms with Crippen molar-refractivity contribution in [1.82, 2.24) is 0 Å². The summed E-state index contributed by atoms with van der Waals surface area (Å²) in [4.78, 5) is 0. The van der Waals surface area contributed by atoms with E-state index in [1.165, 1.54) is 0 Å². The molecule has 4 atom stereocenters. The van der Waals surface area contributed by atoms with Crippen molar-refractivity contribution in [3.8, 4) is 12.5 Å². The molecular weight excluding hydrogens is 204 g/mol. The molecule has 2 rings (SSSR count). The van der Waals surface area contributed by atoms with Crippen LogP contribution in [0.4, 0.5) is 0 Å². The fraction of sp³-hybridized carbons (Fsp3) is 0.833. The average Bonchev–Trinajstić information content (AvgIpc) is 2.31. The van der Waals surface area contributed by atoms with Gasteiger partial charge in [0.2, 0.25) is 0 Å². The predicted octanol–water partition coefficient (Wildman–Crippen LogP) is 2.32. The standard InChI is InChI=1S/C12H16N2O2/c13-7-15-11-5-1-3-9-10(11)4-2-6-12(9)16-8-14/h9-12H,1-6H2. The van der Waals surface area contributed by atoms with Gasteiger partial charge in [0, 0.05) is 11.8 Å². The van der Waals surface area contributed by atoms with E-state index in [1.807, 2.05) is 12.5 Å². The lowest BCUT2D eigenvalue weighted by molar-refractivity contribution is -0.0543. The Bertz CT molecular complexity index is 286. The normalized spacial score (nSPS) is 37.6. The Hall–Kier alpha value is -1.42. The third-order valence-electron chi connectivity index (χ3n) is 3.97. The molecule has 86 valence electrons. The van der Waals surface area contributed by atoms with E-state index in [9.17, 15) is 0 Å². The third kappa shape index (κ3) is 2.07. The molecule has 0 aliphatic heterocycles. The van der Waals surface area contributed by atoms with E-state index in [-0.39, 0.29) is 12.2 Å². The Balaban J connectivity index is 2.05. The molecular formula is C12H16N2O2. The Morgan fingerprint density at radius 3 is 1.56 bits per heavy atom. The van der Waals surface area contributed by atoms with Crippen LogP contribution in [0.1, 0.15) is 38.5 Å². The van der Waals surface area contributed by atoms with Gasteiger partial charge in [0.15, 0.2) is 0 Å². The smallest absolute Gasteiger partial charge is 0.286 e. The summed E-state index contributed by atoms with van der Waals surface area (Å²) in [5.41, 5.74) is 0. The van der Waals surface area contributed by atoms with Crippen LogP contribution in [0.15, 0.2) is 0 Å². The van der Waals surface area contributed by atoms with Gasteiger partial charge in [0.25, 0.3) is 12.5 Å². The zero-order chi connectivity index (χ0) is 11.4. The van der Waals surface area contributed by atoms with Gasteiger partial charge < -0.3 is 9.47 Å². The summed E-state index contributed by atoms with van der Waals surface area (Å²) in [5.74, 6) is 0.806. The molecule has 4 heteroatoms. The Morgan fingerprint density at radius 1 is 0.750 bits per heavy atom. The zero-order valence-corrected chi connectivity index (χ0v) is 9.26. The molecule has 0 radical (unpaired) electrons. The van der Waals surface area contributed by atoms with Crippen LogP contribution in [0.2, 0.25) is 0 Å². The zero-order valence-electron chi connectivity index (χ0n) is 9.26. The summed E-state index contributed by atoms with van der Waals surface area (Å²) in [6.45, 7) is 0. The quantitative estimate of drug-likeness (QED) is 0.670. The first-order chi connectivity index (χ1) is 7.86. The van der Waals surface area contributed by atoms with Crippen LogP contribution < -0.4 is 0 Å².